The molecule has 1 aromatic carbocycles. The van der Waals surface area contributed by atoms with Gasteiger partial charge >= 0.3 is 0 Å². The van der Waals surface area contributed by atoms with Crippen molar-refractivity contribution in [3.8, 4) is 0 Å². The van der Waals surface area contributed by atoms with Gasteiger partial charge in [0, 0.05) is 38.3 Å². The zero-order valence-electron chi connectivity index (χ0n) is 16.0. The van der Waals surface area contributed by atoms with Gasteiger partial charge in [-0.3, -0.25) is 9.69 Å². The molecule has 1 unspecified atom stereocenters. The SMILES string of the molecule is O=C(NCC(O)CN1CCc2ccccc2C1)c1cc(NC2CCC2)ncn1. The summed E-state index contributed by atoms with van der Waals surface area (Å²) in [6, 6.07) is 10.5. The van der Waals surface area contributed by atoms with Crippen LogP contribution in [0.4, 0.5) is 5.82 Å². The molecule has 2 aliphatic rings. The molecule has 28 heavy (non-hydrogen) atoms. The second kappa shape index (κ2) is 8.67. The molecule has 2 aromatic rings. The molecule has 1 aliphatic heterocycles. The number of hydrogen-bond donors (Lipinski definition) is 3. The number of aliphatic hydroxyl groups excluding tert-OH is 1. The Balaban J connectivity index is 1.25. The average Bonchev–Trinajstić information content (AvgIpc) is 2.69. The molecule has 1 amide bonds. The molecular weight excluding hydrogens is 354 g/mol. The van der Waals surface area contributed by atoms with Gasteiger partial charge in [0.2, 0.25) is 0 Å². The first kappa shape index (κ1) is 18.8. The fourth-order valence-corrected chi connectivity index (χ4v) is 3.70. The molecule has 3 N–H and O–H groups in total. The molecule has 0 radical (unpaired) electrons. The van der Waals surface area contributed by atoms with Crippen LogP contribution in [-0.2, 0) is 13.0 Å². The van der Waals surface area contributed by atoms with Crippen molar-refractivity contribution in [3.63, 3.8) is 0 Å². The number of aromatic nitrogens is 2. The second-order valence-corrected chi connectivity index (χ2v) is 7.68. The smallest absolute Gasteiger partial charge is 0.270 e. The number of β-amino-alcohol motifs (C(OH)–C–C–N with tert-alkyl or cyclic N) is 1. The van der Waals surface area contributed by atoms with Crippen LogP contribution >= 0.6 is 0 Å². The van der Waals surface area contributed by atoms with Crippen molar-refractivity contribution >= 4 is 11.7 Å². The van der Waals surface area contributed by atoms with E-state index < -0.39 is 6.10 Å². The first-order valence-corrected chi connectivity index (χ1v) is 10.0. The topological polar surface area (TPSA) is 90.4 Å². The van der Waals surface area contributed by atoms with Crippen molar-refractivity contribution in [2.75, 3.05) is 25.0 Å². The van der Waals surface area contributed by atoms with Crippen molar-refractivity contribution < 1.29 is 9.90 Å². The van der Waals surface area contributed by atoms with Gasteiger partial charge in [-0.25, -0.2) is 9.97 Å². The Morgan fingerprint density at radius 2 is 2.07 bits per heavy atom. The van der Waals surface area contributed by atoms with E-state index in [0.717, 1.165) is 32.4 Å². The summed E-state index contributed by atoms with van der Waals surface area (Å²) in [5.74, 6) is 0.388. The Labute approximate surface area is 165 Å². The zero-order valence-corrected chi connectivity index (χ0v) is 16.0. The Bertz CT molecular complexity index is 824. The van der Waals surface area contributed by atoms with Gasteiger partial charge in [-0.15, -0.1) is 0 Å². The first-order chi connectivity index (χ1) is 13.7. The van der Waals surface area contributed by atoms with Gasteiger partial charge in [0.25, 0.3) is 5.91 Å². The van der Waals surface area contributed by atoms with Crippen LogP contribution in [0.15, 0.2) is 36.7 Å². The number of fused-ring (bicyclic) bond motifs is 1. The molecule has 1 aromatic heterocycles. The van der Waals surface area contributed by atoms with E-state index in [0.29, 0.717) is 24.1 Å². The van der Waals surface area contributed by atoms with Crippen LogP contribution in [0.1, 0.15) is 40.9 Å². The summed E-state index contributed by atoms with van der Waals surface area (Å²) < 4.78 is 0. The third kappa shape index (κ3) is 4.66. The number of carbonyl (C=O) groups is 1. The van der Waals surface area contributed by atoms with Crippen LogP contribution in [-0.4, -0.2) is 57.7 Å². The summed E-state index contributed by atoms with van der Waals surface area (Å²) >= 11 is 0. The molecular formula is C21H27N5O2. The molecule has 1 saturated carbocycles. The number of benzene rings is 1. The maximum absolute atomic E-state index is 12.4. The highest BCUT2D eigenvalue weighted by atomic mass is 16.3. The predicted molar refractivity (Wildman–Crippen MR) is 107 cm³/mol. The van der Waals surface area contributed by atoms with E-state index >= 15 is 0 Å². The normalized spacial score (nSPS) is 18.0. The van der Waals surface area contributed by atoms with E-state index in [1.165, 1.54) is 23.9 Å². The lowest BCUT2D eigenvalue weighted by Gasteiger charge is -2.30. The fourth-order valence-electron chi connectivity index (χ4n) is 3.70. The van der Waals surface area contributed by atoms with Gasteiger partial charge in [-0.1, -0.05) is 24.3 Å². The van der Waals surface area contributed by atoms with E-state index in [1.54, 1.807) is 6.07 Å². The Morgan fingerprint density at radius 3 is 2.86 bits per heavy atom. The third-order valence-corrected chi connectivity index (χ3v) is 5.53. The monoisotopic (exact) mass is 381 g/mol. The van der Waals surface area contributed by atoms with Crippen LogP contribution < -0.4 is 10.6 Å². The molecule has 148 valence electrons. The molecule has 0 saturated heterocycles. The predicted octanol–water partition coefficient (Wildman–Crippen LogP) is 1.59. The van der Waals surface area contributed by atoms with Gasteiger partial charge < -0.3 is 15.7 Å². The molecule has 0 spiro atoms. The third-order valence-electron chi connectivity index (χ3n) is 5.53. The minimum atomic E-state index is -0.622. The summed E-state index contributed by atoms with van der Waals surface area (Å²) in [7, 11) is 0. The van der Waals surface area contributed by atoms with Crippen LogP contribution in [0.3, 0.4) is 0 Å². The molecule has 7 heteroatoms. The number of anilines is 1. The molecule has 0 bridgehead atoms. The van der Waals surface area contributed by atoms with Gasteiger partial charge in [0.15, 0.2) is 0 Å². The maximum Gasteiger partial charge on any atom is 0.270 e. The van der Waals surface area contributed by atoms with E-state index in [-0.39, 0.29) is 12.5 Å². The number of nitrogens with zero attached hydrogens (tertiary/aromatic N) is 3. The van der Waals surface area contributed by atoms with Crippen molar-refractivity contribution in [1.82, 2.24) is 20.2 Å². The molecule has 1 aliphatic carbocycles. The van der Waals surface area contributed by atoms with Crippen LogP contribution in [0, 0.1) is 0 Å². The zero-order chi connectivity index (χ0) is 19.3. The van der Waals surface area contributed by atoms with E-state index in [1.807, 2.05) is 0 Å². The number of amides is 1. The highest BCUT2D eigenvalue weighted by Crippen LogP contribution is 2.22. The van der Waals surface area contributed by atoms with Crippen LogP contribution in [0.25, 0.3) is 0 Å². The lowest BCUT2D eigenvalue weighted by molar-refractivity contribution is 0.0838. The summed E-state index contributed by atoms with van der Waals surface area (Å²) in [6.45, 7) is 2.49. The lowest BCUT2D eigenvalue weighted by atomic mass is 9.93. The quantitative estimate of drug-likeness (QED) is 0.675. The number of carbonyl (C=O) groups excluding carboxylic acids is 1. The van der Waals surface area contributed by atoms with Gasteiger partial charge in [0.05, 0.1) is 6.10 Å². The highest BCUT2D eigenvalue weighted by molar-refractivity contribution is 5.92. The Hall–Kier alpha value is -2.51. The Morgan fingerprint density at radius 1 is 1.25 bits per heavy atom. The first-order valence-electron chi connectivity index (χ1n) is 10.0. The largest absolute Gasteiger partial charge is 0.390 e. The van der Waals surface area contributed by atoms with Crippen molar-refractivity contribution in [2.45, 2.75) is 44.4 Å². The van der Waals surface area contributed by atoms with E-state index in [9.17, 15) is 9.90 Å². The summed E-state index contributed by atoms with van der Waals surface area (Å²) in [4.78, 5) is 22.8. The minimum Gasteiger partial charge on any atom is -0.390 e. The average molecular weight is 381 g/mol. The lowest BCUT2D eigenvalue weighted by Crippen LogP contribution is -2.42. The highest BCUT2D eigenvalue weighted by Gasteiger charge is 2.20. The fraction of sp³-hybridized carbons (Fsp3) is 0.476. The number of aliphatic hydroxyl groups is 1. The second-order valence-electron chi connectivity index (χ2n) is 7.68. The maximum atomic E-state index is 12.4. The van der Waals surface area contributed by atoms with E-state index in [2.05, 4.69) is 49.8 Å². The van der Waals surface area contributed by atoms with Crippen LogP contribution in [0.2, 0.25) is 0 Å². The van der Waals surface area contributed by atoms with E-state index in [4.69, 9.17) is 0 Å². The minimum absolute atomic E-state index is 0.201. The summed E-state index contributed by atoms with van der Waals surface area (Å²) in [5.41, 5.74) is 3.02. The van der Waals surface area contributed by atoms with Crippen molar-refractivity contribution in [3.05, 3.63) is 53.5 Å². The number of hydrogen-bond acceptors (Lipinski definition) is 6. The van der Waals surface area contributed by atoms with Gasteiger partial charge in [-0.05, 0) is 36.8 Å². The molecule has 4 rings (SSSR count). The number of rotatable bonds is 7. The molecule has 2 heterocycles. The van der Waals surface area contributed by atoms with Crippen molar-refractivity contribution in [1.29, 1.82) is 0 Å². The summed E-state index contributed by atoms with van der Waals surface area (Å²) in [5, 5.41) is 16.5. The van der Waals surface area contributed by atoms with Crippen LogP contribution in [0.5, 0.6) is 0 Å². The molecule has 7 nitrogen and oxygen atoms in total. The molecule has 1 atom stereocenters. The summed E-state index contributed by atoms with van der Waals surface area (Å²) in [6.07, 6.45) is 5.28. The number of nitrogens with one attached hydrogen (secondary N) is 2. The standard InChI is InChI=1S/C21H27N5O2/c27-18(13-26-9-8-15-4-1-2-5-16(15)12-26)11-22-21(28)19-10-20(24-14-23-19)25-17-6-3-7-17/h1-2,4-5,10,14,17-18,27H,3,6-9,11-13H2,(H,22,28)(H,23,24,25). The van der Waals surface area contributed by atoms with Crippen molar-refractivity contribution in [2.24, 2.45) is 0 Å². The van der Waals surface area contributed by atoms with Gasteiger partial charge in [0.1, 0.15) is 17.8 Å². The molecule has 1 fully saturated rings. The van der Waals surface area contributed by atoms with Gasteiger partial charge in [-0.2, -0.15) is 0 Å². The Kier molecular flexibility index (Phi) is 5.83.